The molecule has 5 nitrogen and oxygen atoms in total. The zero-order chi connectivity index (χ0) is 16.4. The summed E-state index contributed by atoms with van der Waals surface area (Å²) in [5.74, 6) is 2.68. The molecule has 2 aromatic rings. The Kier molecular flexibility index (Phi) is 4.55. The fourth-order valence-corrected chi connectivity index (χ4v) is 3.65. The quantitative estimate of drug-likeness (QED) is 0.480. The number of hydrogen-bond acceptors (Lipinski definition) is 4. The summed E-state index contributed by atoms with van der Waals surface area (Å²) < 4.78 is 0.857. The minimum atomic E-state index is -0.336. The lowest BCUT2D eigenvalue weighted by Gasteiger charge is -2.25. The highest BCUT2D eigenvalue weighted by molar-refractivity contribution is 9.10. The third-order valence-electron chi connectivity index (χ3n) is 3.50. The van der Waals surface area contributed by atoms with Gasteiger partial charge in [-0.2, -0.15) is 0 Å². The average Bonchev–Trinajstić information content (AvgIpc) is 2.52. The predicted octanol–water partition coefficient (Wildman–Crippen LogP) is 2.73. The van der Waals surface area contributed by atoms with Crippen molar-refractivity contribution in [2.75, 3.05) is 11.1 Å². The van der Waals surface area contributed by atoms with E-state index in [9.17, 15) is 9.59 Å². The second-order valence-corrected chi connectivity index (χ2v) is 6.77. The SMILES string of the molecule is C#CCSc1nc2c(c(=O)[nH]1)[C@H](c1ccccc1Br)CC(=O)N2. The molecular weight excluding hydrogens is 378 g/mol. The number of carbonyl (C=O) groups is 1. The molecular formula is C16H12BrN3O2S. The van der Waals surface area contributed by atoms with Crippen LogP contribution in [0.4, 0.5) is 5.82 Å². The van der Waals surface area contributed by atoms with E-state index in [0.717, 1.165) is 10.0 Å². The number of thioether (sulfide) groups is 1. The van der Waals surface area contributed by atoms with Crippen LogP contribution in [0.5, 0.6) is 0 Å². The minimum absolute atomic E-state index is 0.163. The highest BCUT2D eigenvalue weighted by atomic mass is 79.9. The van der Waals surface area contributed by atoms with Gasteiger partial charge in [-0.05, 0) is 11.6 Å². The molecule has 2 N–H and O–H groups in total. The molecule has 1 aromatic heterocycles. The molecule has 0 spiro atoms. The van der Waals surface area contributed by atoms with Crippen molar-refractivity contribution in [1.82, 2.24) is 9.97 Å². The second kappa shape index (κ2) is 6.60. The van der Waals surface area contributed by atoms with Gasteiger partial charge in [0.1, 0.15) is 5.82 Å². The van der Waals surface area contributed by atoms with E-state index >= 15 is 0 Å². The Morgan fingerprint density at radius 2 is 2.17 bits per heavy atom. The number of amides is 1. The molecule has 0 saturated carbocycles. The molecule has 7 heteroatoms. The molecule has 2 heterocycles. The fourth-order valence-electron chi connectivity index (χ4n) is 2.55. The summed E-state index contributed by atoms with van der Waals surface area (Å²) in [6.45, 7) is 0. The van der Waals surface area contributed by atoms with Crippen LogP contribution >= 0.6 is 27.7 Å². The number of benzene rings is 1. The number of halogens is 1. The molecule has 0 saturated heterocycles. The van der Waals surface area contributed by atoms with Gasteiger partial charge in [-0.1, -0.05) is 51.8 Å². The summed E-state index contributed by atoms with van der Waals surface area (Å²) in [7, 11) is 0. The van der Waals surface area contributed by atoms with Gasteiger partial charge in [0.15, 0.2) is 5.16 Å². The molecule has 0 unspecified atom stereocenters. The number of fused-ring (bicyclic) bond motifs is 1. The van der Waals surface area contributed by atoms with Gasteiger partial charge < -0.3 is 10.3 Å². The van der Waals surface area contributed by atoms with Crippen molar-refractivity contribution in [1.29, 1.82) is 0 Å². The number of aromatic amines is 1. The van der Waals surface area contributed by atoms with Crippen LogP contribution in [0.3, 0.4) is 0 Å². The van der Waals surface area contributed by atoms with E-state index in [1.54, 1.807) is 0 Å². The lowest BCUT2D eigenvalue weighted by Crippen LogP contribution is -2.31. The molecule has 1 atom stereocenters. The van der Waals surface area contributed by atoms with E-state index in [1.807, 2.05) is 24.3 Å². The number of nitrogens with one attached hydrogen (secondary N) is 2. The predicted molar refractivity (Wildman–Crippen MR) is 93.6 cm³/mol. The molecule has 1 amide bonds. The molecule has 1 aliphatic rings. The monoisotopic (exact) mass is 389 g/mol. The summed E-state index contributed by atoms with van der Waals surface area (Å²) in [4.78, 5) is 31.6. The normalized spacial score (nSPS) is 16.3. The Bertz CT molecular complexity index is 872. The van der Waals surface area contributed by atoms with Gasteiger partial charge in [0, 0.05) is 16.8 Å². The topological polar surface area (TPSA) is 74.8 Å². The lowest BCUT2D eigenvalue weighted by molar-refractivity contribution is -0.116. The molecule has 0 fully saturated rings. The first-order valence-electron chi connectivity index (χ1n) is 6.85. The maximum absolute atomic E-state index is 12.5. The molecule has 1 aromatic carbocycles. The Morgan fingerprint density at radius 1 is 1.39 bits per heavy atom. The van der Waals surface area contributed by atoms with Crippen LogP contribution in [0.2, 0.25) is 0 Å². The molecule has 0 radical (unpaired) electrons. The van der Waals surface area contributed by atoms with Gasteiger partial charge >= 0.3 is 0 Å². The third kappa shape index (κ3) is 3.19. The van der Waals surface area contributed by atoms with Crippen molar-refractivity contribution in [3.05, 3.63) is 50.2 Å². The Morgan fingerprint density at radius 3 is 2.91 bits per heavy atom. The van der Waals surface area contributed by atoms with Crippen molar-refractivity contribution >= 4 is 39.4 Å². The first kappa shape index (κ1) is 15.8. The van der Waals surface area contributed by atoms with Gasteiger partial charge in [-0.15, -0.1) is 6.42 Å². The van der Waals surface area contributed by atoms with Crippen LogP contribution in [-0.2, 0) is 4.79 Å². The number of aromatic nitrogens is 2. The van der Waals surface area contributed by atoms with Crippen LogP contribution < -0.4 is 10.9 Å². The summed E-state index contributed by atoms with van der Waals surface area (Å²) in [5.41, 5.74) is 1.11. The van der Waals surface area contributed by atoms with Crippen molar-refractivity contribution in [3.8, 4) is 12.3 Å². The summed E-state index contributed by atoms with van der Waals surface area (Å²) in [6.07, 6.45) is 5.43. The van der Waals surface area contributed by atoms with Crippen LogP contribution in [0.25, 0.3) is 0 Å². The minimum Gasteiger partial charge on any atom is -0.310 e. The Hall–Kier alpha value is -2.04. The number of H-pyrrole nitrogens is 1. The number of terminal acetylenes is 1. The van der Waals surface area contributed by atoms with E-state index < -0.39 is 0 Å². The fraction of sp³-hybridized carbons (Fsp3) is 0.188. The van der Waals surface area contributed by atoms with E-state index in [2.05, 4.69) is 37.1 Å². The third-order valence-corrected chi connectivity index (χ3v) is 5.00. The maximum Gasteiger partial charge on any atom is 0.257 e. The molecule has 0 bridgehead atoms. The van der Waals surface area contributed by atoms with Crippen LogP contribution in [0, 0.1) is 12.3 Å². The van der Waals surface area contributed by atoms with Crippen molar-refractivity contribution in [2.24, 2.45) is 0 Å². The van der Waals surface area contributed by atoms with Gasteiger partial charge in [0.2, 0.25) is 5.91 Å². The highest BCUT2D eigenvalue weighted by Gasteiger charge is 2.31. The molecule has 23 heavy (non-hydrogen) atoms. The van der Waals surface area contributed by atoms with E-state index in [0.29, 0.717) is 22.3 Å². The second-order valence-electron chi connectivity index (χ2n) is 4.95. The summed E-state index contributed by atoms with van der Waals surface area (Å²) in [6, 6.07) is 7.56. The van der Waals surface area contributed by atoms with Gasteiger partial charge in [-0.3, -0.25) is 9.59 Å². The van der Waals surface area contributed by atoms with Crippen molar-refractivity contribution < 1.29 is 4.79 Å². The van der Waals surface area contributed by atoms with Gasteiger partial charge in [0.25, 0.3) is 5.56 Å². The van der Waals surface area contributed by atoms with Crippen molar-refractivity contribution in [2.45, 2.75) is 17.5 Å². The molecule has 116 valence electrons. The largest absolute Gasteiger partial charge is 0.310 e. The Labute approximate surface area is 145 Å². The molecule has 0 aliphatic carbocycles. The molecule has 1 aliphatic heterocycles. The van der Waals surface area contributed by atoms with Crippen LogP contribution in [-0.4, -0.2) is 21.6 Å². The summed E-state index contributed by atoms with van der Waals surface area (Å²) in [5, 5.41) is 3.09. The number of hydrogen-bond donors (Lipinski definition) is 2. The number of carbonyl (C=O) groups excluding carboxylic acids is 1. The van der Waals surface area contributed by atoms with Gasteiger partial charge in [-0.25, -0.2) is 4.98 Å². The van der Waals surface area contributed by atoms with Crippen molar-refractivity contribution in [3.63, 3.8) is 0 Å². The standard InChI is InChI=1S/C16H12BrN3O2S/c1-2-7-23-16-19-14-13(15(22)20-16)10(8-12(21)18-14)9-5-3-4-6-11(9)17/h1,3-6,10H,7-8H2,(H2,18,19,20,21,22)/t10-/m0/s1. The van der Waals surface area contributed by atoms with Crippen LogP contribution in [0.1, 0.15) is 23.5 Å². The first-order chi connectivity index (χ1) is 11.1. The summed E-state index contributed by atoms with van der Waals surface area (Å²) >= 11 is 4.73. The first-order valence-corrected chi connectivity index (χ1v) is 8.62. The molecule has 3 rings (SSSR count). The van der Waals surface area contributed by atoms with E-state index in [4.69, 9.17) is 6.42 Å². The zero-order valence-electron chi connectivity index (χ0n) is 11.9. The zero-order valence-corrected chi connectivity index (χ0v) is 14.3. The smallest absolute Gasteiger partial charge is 0.257 e. The number of rotatable bonds is 3. The van der Waals surface area contributed by atoms with Gasteiger partial charge in [0.05, 0.1) is 11.3 Å². The number of nitrogens with zero attached hydrogens (tertiary/aromatic N) is 1. The van der Waals surface area contributed by atoms with Crippen LogP contribution in [0.15, 0.2) is 38.7 Å². The Balaban J connectivity index is 2.11. The highest BCUT2D eigenvalue weighted by Crippen LogP contribution is 2.37. The maximum atomic E-state index is 12.5. The van der Waals surface area contributed by atoms with E-state index in [1.165, 1.54) is 11.8 Å². The lowest BCUT2D eigenvalue weighted by atomic mass is 9.87. The average molecular weight is 390 g/mol. The van der Waals surface area contributed by atoms with E-state index in [-0.39, 0.29) is 23.8 Å². The number of anilines is 1.